The predicted octanol–water partition coefficient (Wildman–Crippen LogP) is 5.69. The maximum absolute atomic E-state index is 4.64. The minimum absolute atomic E-state index is 0.545. The van der Waals surface area contributed by atoms with Crippen molar-refractivity contribution in [1.82, 2.24) is 4.98 Å². The number of nitrogens with one attached hydrogen (secondary N) is 1. The van der Waals surface area contributed by atoms with Crippen LogP contribution in [0.1, 0.15) is 35.8 Å². The van der Waals surface area contributed by atoms with Gasteiger partial charge in [-0.05, 0) is 24.0 Å². The lowest BCUT2D eigenvalue weighted by atomic mass is 10.0. The molecule has 0 saturated carbocycles. The van der Waals surface area contributed by atoms with Gasteiger partial charge >= 0.3 is 0 Å². The van der Waals surface area contributed by atoms with Crippen LogP contribution >= 0.6 is 11.3 Å². The first-order valence-electron chi connectivity index (χ1n) is 8.05. The Kier molecular flexibility index (Phi) is 5.06. The summed E-state index contributed by atoms with van der Waals surface area (Å²) in [5.74, 6) is 0.545. The first-order valence-corrected chi connectivity index (χ1v) is 8.87. The van der Waals surface area contributed by atoms with Gasteiger partial charge < -0.3 is 0 Å². The molecule has 0 amide bonds. The fourth-order valence-corrected chi connectivity index (χ4v) is 3.22. The molecule has 0 spiro atoms. The molecule has 0 saturated heterocycles. The van der Waals surface area contributed by atoms with Gasteiger partial charge in [-0.15, -0.1) is 11.3 Å². The topological polar surface area (TPSA) is 37.3 Å². The fourth-order valence-electron chi connectivity index (χ4n) is 2.44. The van der Waals surface area contributed by atoms with Crippen molar-refractivity contribution in [3.05, 3.63) is 70.6 Å². The predicted molar refractivity (Wildman–Crippen MR) is 104 cm³/mol. The van der Waals surface area contributed by atoms with Gasteiger partial charge in [0.1, 0.15) is 0 Å². The summed E-state index contributed by atoms with van der Waals surface area (Å²) in [6.45, 7) is 6.47. The summed E-state index contributed by atoms with van der Waals surface area (Å²) >= 11 is 1.61. The number of hydrazone groups is 1. The molecule has 4 heteroatoms. The Labute approximate surface area is 147 Å². The number of hydrogen-bond acceptors (Lipinski definition) is 4. The maximum Gasteiger partial charge on any atom is 0.204 e. The van der Waals surface area contributed by atoms with Gasteiger partial charge in [0.2, 0.25) is 5.13 Å². The largest absolute Gasteiger partial charge is 0.253 e. The summed E-state index contributed by atoms with van der Waals surface area (Å²) in [7, 11) is 0. The molecular weight excluding hydrogens is 314 g/mol. The summed E-state index contributed by atoms with van der Waals surface area (Å²) in [5.41, 5.74) is 7.59. The highest BCUT2D eigenvalue weighted by Gasteiger charge is 2.08. The van der Waals surface area contributed by atoms with Crippen LogP contribution in [-0.4, -0.2) is 11.2 Å². The van der Waals surface area contributed by atoms with Crippen LogP contribution in [0.25, 0.3) is 11.3 Å². The average Bonchev–Trinajstić information content (AvgIpc) is 2.97. The Morgan fingerprint density at radius 2 is 1.75 bits per heavy atom. The maximum atomic E-state index is 4.64. The third kappa shape index (κ3) is 3.89. The molecule has 1 aromatic heterocycles. The number of anilines is 1. The van der Waals surface area contributed by atoms with Gasteiger partial charge in [0.25, 0.3) is 0 Å². The molecule has 24 heavy (non-hydrogen) atoms. The van der Waals surface area contributed by atoms with E-state index in [9.17, 15) is 0 Å². The van der Waals surface area contributed by atoms with Crippen molar-refractivity contribution in [2.45, 2.75) is 26.7 Å². The highest BCUT2D eigenvalue weighted by molar-refractivity contribution is 7.15. The normalized spacial score (nSPS) is 11.3. The van der Waals surface area contributed by atoms with E-state index in [1.165, 1.54) is 10.4 Å². The van der Waals surface area contributed by atoms with Crippen LogP contribution in [0.5, 0.6) is 0 Å². The molecular formula is C20H21N3S. The fraction of sp³-hybridized carbons (Fsp3) is 0.200. The molecule has 2 aromatic carbocycles. The average molecular weight is 335 g/mol. The molecule has 0 atom stereocenters. The van der Waals surface area contributed by atoms with E-state index < -0.39 is 0 Å². The molecule has 0 aliphatic rings. The minimum atomic E-state index is 0.545. The highest BCUT2D eigenvalue weighted by atomic mass is 32.1. The van der Waals surface area contributed by atoms with Crippen LogP contribution in [0.3, 0.4) is 0 Å². The van der Waals surface area contributed by atoms with Gasteiger partial charge in [-0.25, -0.2) is 4.98 Å². The van der Waals surface area contributed by atoms with Gasteiger partial charge in [0, 0.05) is 10.4 Å². The molecule has 1 heterocycles. The van der Waals surface area contributed by atoms with E-state index >= 15 is 0 Å². The van der Waals surface area contributed by atoms with Crippen LogP contribution in [0, 0.1) is 6.92 Å². The van der Waals surface area contributed by atoms with Crippen LogP contribution < -0.4 is 5.43 Å². The molecule has 0 fully saturated rings. The Morgan fingerprint density at radius 1 is 1.04 bits per heavy atom. The monoisotopic (exact) mass is 335 g/mol. The van der Waals surface area contributed by atoms with Crippen LogP contribution in [0.4, 0.5) is 5.13 Å². The van der Waals surface area contributed by atoms with Crippen molar-refractivity contribution in [2.75, 3.05) is 5.43 Å². The van der Waals surface area contributed by atoms with Crippen molar-refractivity contribution in [1.29, 1.82) is 0 Å². The van der Waals surface area contributed by atoms with E-state index in [-0.39, 0.29) is 0 Å². The Balaban J connectivity index is 1.69. The zero-order valence-corrected chi connectivity index (χ0v) is 15.0. The molecule has 122 valence electrons. The molecule has 0 unspecified atom stereocenters. The standard InChI is InChI=1S/C20H21N3S/c1-14(2)17-11-9-16(10-12-17)13-21-23-20-22-19(15(3)24-20)18-7-5-4-6-8-18/h4-14H,1-3H3,(H,22,23)/b21-13+. The summed E-state index contributed by atoms with van der Waals surface area (Å²) in [6, 6.07) is 18.7. The van der Waals surface area contributed by atoms with Crippen LogP contribution in [-0.2, 0) is 0 Å². The number of hydrogen-bond donors (Lipinski definition) is 1. The van der Waals surface area contributed by atoms with Gasteiger partial charge in [-0.2, -0.15) is 5.10 Å². The second-order valence-corrected chi connectivity index (χ2v) is 7.18. The van der Waals surface area contributed by atoms with E-state index in [0.717, 1.165) is 22.0 Å². The number of benzene rings is 2. The van der Waals surface area contributed by atoms with Gasteiger partial charge in [-0.1, -0.05) is 68.4 Å². The first kappa shape index (κ1) is 16.4. The molecule has 0 aliphatic heterocycles. The van der Waals surface area contributed by atoms with Crippen LogP contribution in [0.15, 0.2) is 59.7 Å². The van der Waals surface area contributed by atoms with E-state index in [1.807, 2.05) is 24.4 Å². The zero-order valence-electron chi connectivity index (χ0n) is 14.2. The Hall–Kier alpha value is -2.46. The molecule has 0 bridgehead atoms. The molecule has 0 aliphatic carbocycles. The van der Waals surface area contributed by atoms with Crippen molar-refractivity contribution >= 4 is 22.7 Å². The summed E-state index contributed by atoms with van der Waals surface area (Å²) in [5, 5.41) is 5.11. The number of aryl methyl sites for hydroxylation is 1. The highest BCUT2D eigenvalue weighted by Crippen LogP contribution is 2.30. The SMILES string of the molecule is Cc1sc(N/N=C/c2ccc(C(C)C)cc2)nc1-c1ccccc1. The second-order valence-electron chi connectivity index (χ2n) is 5.98. The lowest BCUT2D eigenvalue weighted by Crippen LogP contribution is -1.91. The van der Waals surface area contributed by atoms with Crippen molar-refractivity contribution in [2.24, 2.45) is 5.10 Å². The summed E-state index contributed by atoms with van der Waals surface area (Å²) in [6.07, 6.45) is 1.82. The van der Waals surface area contributed by atoms with Gasteiger partial charge in [0.05, 0.1) is 11.9 Å². The van der Waals surface area contributed by atoms with Gasteiger partial charge in [-0.3, -0.25) is 5.43 Å². The molecule has 1 N–H and O–H groups in total. The molecule has 3 aromatic rings. The lowest BCUT2D eigenvalue weighted by molar-refractivity contribution is 0.866. The summed E-state index contributed by atoms with van der Waals surface area (Å²) < 4.78 is 0. The minimum Gasteiger partial charge on any atom is -0.253 e. The number of aromatic nitrogens is 1. The number of thiazole rings is 1. The second kappa shape index (κ2) is 7.41. The Bertz CT molecular complexity index is 818. The smallest absolute Gasteiger partial charge is 0.204 e. The van der Waals surface area contributed by atoms with Crippen LogP contribution in [0.2, 0.25) is 0 Å². The van der Waals surface area contributed by atoms with Crippen molar-refractivity contribution in [3.8, 4) is 11.3 Å². The Morgan fingerprint density at radius 3 is 2.42 bits per heavy atom. The van der Waals surface area contributed by atoms with E-state index in [0.29, 0.717) is 5.92 Å². The summed E-state index contributed by atoms with van der Waals surface area (Å²) in [4.78, 5) is 5.82. The van der Waals surface area contributed by atoms with E-state index in [4.69, 9.17) is 0 Å². The first-order chi connectivity index (χ1) is 11.6. The molecule has 0 radical (unpaired) electrons. The van der Waals surface area contributed by atoms with E-state index in [1.54, 1.807) is 11.3 Å². The molecule has 3 nitrogen and oxygen atoms in total. The van der Waals surface area contributed by atoms with Gasteiger partial charge in [0.15, 0.2) is 0 Å². The number of rotatable bonds is 5. The molecule has 3 rings (SSSR count). The number of nitrogens with zero attached hydrogens (tertiary/aromatic N) is 2. The van der Waals surface area contributed by atoms with E-state index in [2.05, 4.69) is 72.7 Å². The quantitative estimate of drug-likeness (QED) is 0.480. The lowest BCUT2D eigenvalue weighted by Gasteiger charge is -2.04. The zero-order chi connectivity index (χ0) is 16.9. The van der Waals surface area contributed by atoms with Crippen molar-refractivity contribution < 1.29 is 0 Å². The van der Waals surface area contributed by atoms with Crippen molar-refractivity contribution in [3.63, 3.8) is 0 Å². The third-order valence-corrected chi connectivity index (χ3v) is 4.70. The third-order valence-electron chi connectivity index (χ3n) is 3.82.